The molecule has 0 atom stereocenters. The summed E-state index contributed by atoms with van der Waals surface area (Å²) in [7, 11) is 0. The van der Waals surface area contributed by atoms with Gasteiger partial charge in [-0.05, 0) is 18.8 Å². The third kappa shape index (κ3) is 13.3. The van der Waals surface area contributed by atoms with Crippen LogP contribution in [0.1, 0.15) is 0 Å². The molecule has 0 aliphatic carbocycles. The molecule has 0 rings (SSSR count). The molecular weight excluding hydrogens is 79.1 g/mol. The van der Waals surface area contributed by atoms with Gasteiger partial charge in [-0.3, -0.25) is 0 Å². The number of thiocarbonyl (C=S) groups is 1. The van der Waals surface area contributed by atoms with Gasteiger partial charge in [-0.15, -0.1) is 0 Å². The van der Waals surface area contributed by atoms with Crippen LogP contribution in [0.15, 0.2) is 6.58 Å². The van der Waals surface area contributed by atoms with E-state index in [1.165, 1.54) is 0 Å². The first kappa shape index (κ1) is 8.85. The van der Waals surface area contributed by atoms with Gasteiger partial charge in [0.25, 0.3) is 0 Å². The Morgan fingerprint density at radius 2 is 1.75 bits per heavy atom. The first-order valence-corrected chi connectivity index (χ1v) is 0.966. The Hall–Kier alpha value is 0.870. The largest absolute Gasteiger partial charge is 1.00 e. The maximum atomic E-state index is 4.03. The fourth-order valence-corrected chi connectivity index (χ4v) is 0. The minimum Gasteiger partial charge on any atom is -0.0539 e. The third-order valence-corrected chi connectivity index (χ3v) is 0. The monoisotopic (exact) mass is 81.0 g/mol. The molecular formula is C2H2NaS+. The summed E-state index contributed by atoms with van der Waals surface area (Å²) in [6.45, 7) is 3.05. The van der Waals surface area contributed by atoms with E-state index in [2.05, 4.69) is 23.8 Å². The van der Waals surface area contributed by atoms with Crippen molar-refractivity contribution < 1.29 is 29.6 Å². The first-order chi connectivity index (χ1) is 1.41. The fraction of sp³-hybridized carbons (Fsp3) is 0. The van der Waals surface area contributed by atoms with E-state index in [1.54, 1.807) is 0 Å². The summed E-state index contributed by atoms with van der Waals surface area (Å²) in [5.41, 5.74) is 0. The molecule has 0 saturated carbocycles. The van der Waals surface area contributed by atoms with Crippen molar-refractivity contribution in [2.75, 3.05) is 0 Å². The average molecular weight is 81.1 g/mol. The van der Waals surface area contributed by atoms with Crippen molar-refractivity contribution in [3.63, 3.8) is 0 Å². The van der Waals surface area contributed by atoms with E-state index in [0.717, 1.165) is 0 Å². The molecule has 4 heavy (non-hydrogen) atoms. The van der Waals surface area contributed by atoms with Crippen LogP contribution in [0.5, 0.6) is 0 Å². The predicted octanol–water partition coefficient (Wildman–Crippen LogP) is -2.22. The Morgan fingerprint density at radius 1 is 1.75 bits per heavy atom. The van der Waals surface area contributed by atoms with E-state index in [1.807, 2.05) is 0 Å². The van der Waals surface area contributed by atoms with Crippen molar-refractivity contribution in [1.29, 1.82) is 0 Å². The van der Waals surface area contributed by atoms with Crippen molar-refractivity contribution in [3.05, 3.63) is 6.58 Å². The Balaban J connectivity index is 0. The summed E-state index contributed by atoms with van der Waals surface area (Å²) in [6, 6.07) is 0. The van der Waals surface area contributed by atoms with Crippen LogP contribution in [-0.2, 0) is 0 Å². The molecule has 0 amide bonds. The van der Waals surface area contributed by atoms with Crippen LogP contribution in [0, 0.1) is 0 Å². The molecule has 0 aromatic rings. The van der Waals surface area contributed by atoms with Gasteiger partial charge in [0.1, 0.15) is 0 Å². The standard InChI is InChI=1S/C2H2S.Na/c1-2-3;/h1H2;/q;+1. The molecule has 0 unspecified atom stereocenters. The smallest absolute Gasteiger partial charge is 0.0539 e. The maximum Gasteiger partial charge on any atom is 1.00 e. The van der Waals surface area contributed by atoms with E-state index in [4.69, 9.17) is 0 Å². The minimum atomic E-state index is 0. The van der Waals surface area contributed by atoms with Gasteiger partial charge in [0.15, 0.2) is 0 Å². The Labute approximate surface area is 53.2 Å². The molecule has 0 aromatic heterocycles. The molecule has 2 heteroatoms. The summed E-state index contributed by atoms with van der Waals surface area (Å²) in [5.74, 6) is 0. The Bertz CT molecular complexity index is 27.0. The molecule has 0 spiro atoms. The number of hydrogen-bond donors (Lipinski definition) is 0. The zero-order valence-corrected chi connectivity index (χ0v) is 5.43. The van der Waals surface area contributed by atoms with Crippen LogP contribution < -0.4 is 29.6 Å². The predicted molar refractivity (Wildman–Crippen MR) is 18.2 cm³/mol. The van der Waals surface area contributed by atoms with E-state index >= 15 is 0 Å². The van der Waals surface area contributed by atoms with E-state index in [0.29, 0.717) is 0 Å². The van der Waals surface area contributed by atoms with Crippen molar-refractivity contribution >= 4 is 17.2 Å². The SMILES string of the molecule is C=C=S.[Na+]. The van der Waals surface area contributed by atoms with Crippen LogP contribution >= 0.6 is 12.2 Å². The molecule has 0 radical (unpaired) electrons. The average Bonchev–Trinajstić information content (AvgIpc) is 0.918. The van der Waals surface area contributed by atoms with Crippen LogP contribution in [-0.4, -0.2) is 5.02 Å². The van der Waals surface area contributed by atoms with Gasteiger partial charge in [-0.2, -0.15) is 0 Å². The summed E-state index contributed by atoms with van der Waals surface area (Å²) in [5, 5.41) is 2.08. The van der Waals surface area contributed by atoms with Crippen molar-refractivity contribution in [2.45, 2.75) is 0 Å². The number of hydrogen-bond acceptors (Lipinski definition) is 1. The van der Waals surface area contributed by atoms with Gasteiger partial charge < -0.3 is 0 Å². The van der Waals surface area contributed by atoms with Crippen LogP contribution in [0.25, 0.3) is 0 Å². The molecule has 0 aliphatic rings. The van der Waals surface area contributed by atoms with Gasteiger partial charge in [-0.25, -0.2) is 0 Å². The topological polar surface area (TPSA) is 0 Å². The van der Waals surface area contributed by atoms with Gasteiger partial charge >= 0.3 is 29.6 Å². The van der Waals surface area contributed by atoms with Crippen LogP contribution in [0.4, 0.5) is 0 Å². The summed E-state index contributed by atoms with van der Waals surface area (Å²) in [6.07, 6.45) is 0. The molecule has 0 nitrogen and oxygen atoms in total. The Morgan fingerprint density at radius 3 is 1.75 bits per heavy atom. The number of rotatable bonds is 0. The summed E-state index contributed by atoms with van der Waals surface area (Å²) in [4.78, 5) is 0. The van der Waals surface area contributed by atoms with Gasteiger partial charge in [-0.1, -0.05) is 5.02 Å². The van der Waals surface area contributed by atoms with Crippen molar-refractivity contribution in [2.24, 2.45) is 0 Å². The zero-order chi connectivity index (χ0) is 2.71. The molecule has 0 bridgehead atoms. The molecule has 0 heterocycles. The van der Waals surface area contributed by atoms with E-state index in [9.17, 15) is 0 Å². The maximum absolute atomic E-state index is 4.03. The van der Waals surface area contributed by atoms with E-state index < -0.39 is 0 Å². The molecule has 0 fully saturated rings. The molecule has 0 aliphatic heterocycles. The second-order valence-electron chi connectivity index (χ2n) is 0.144. The first-order valence-electron chi connectivity index (χ1n) is 0.558. The molecule has 0 N–H and O–H groups in total. The fourth-order valence-electron chi connectivity index (χ4n) is 0. The molecule has 0 saturated heterocycles. The second-order valence-corrected chi connectivity index (χ2v) is 0.433. The minimum absolute atomic E-state index is 0. The third-order valence-electron chi connectivity index (χ3n) is 0. The van der Waals surface area contributed by atoms with Crippen molar-refractivity contribution in [3.8, 4) is 0 Å². The normalized spacial score (nSPS) is 2.00. The second kappa shape index (κ2) is 9.12. The van der Waals surface area contributed by atoms with Crippen molar-refractivity contribution in [1.82, 2.24) is 0 Å². The van der Waals surface area contributed by atoms with Gasteiger partial charge in [0, 0.05) is 0 Å². The zero-order valence-electron chi connectivity index (χ0n) is 2.62. The van der Waals surface area contributed by atoms with Gasteiger partial charge in [0.2, 0.25) is 0 Å². The Kier molecular flexibility index (Phi) is 20.2. The molecule has 16 valence electrons. The van der Waals surface area contributed by atoms with E-state index in [-0.39, 0.29) is 29.6 Å². The summed E-state index contributed by atoms with van der Waals surface area (Å²) < 4.78 is 0. The van der Waals surface area contributed by atoms with Crippen LogP contribution in [0.2, 0.25) is 0 Å². The quantitative estimate of drug-likeness (QED) is 0.235. The molecule has 0 aromatic carbocycles. The van der Waals surface area contributed by atoms with Gasteiger partial charge in [0.05, 0.1) is 0 Å². The van der Waals surface area contributed by atoms with Crippen LogP contribution in [0.3, 0.4) is 0 Å². The summed E-state index contributed by atoms with van der Waals surface area (Å²) >= 11 is 4.03.